The first-order valence-corrected chi connectivity index (χ1v) is 9.82. The number of aromatic nitrogens is 3. The molecule has 0 saturated carbocycles. The summed E-state index contributed by atoms with van der Waals surface area (Å²) in [6.07, 6.45) is 0. The molecule has 3 rings (SSSR count). The van der Waals surface area contributed by atoms with Crippen LogP contribution in [0, 0.1) is 0 Å². The summed E-state index contributed by atoms with van der Waals surface area (Å²) in [5.41, 5.74) is 1.66. The van der Waals surface area contributed by atoms with Crippen molar-refractivity contribution in [1.29, 1.82) is 0 Å². The van der Waals surface area contributed by atoms with Gasteiger partial charge in [0.05, 0.1) is 11.9 Å². The van der Waals surface area contributed by atoms with Gasteiger partial charge in [0.2, 0.25) is 11.1 Å². The number of hydrogen-bond donors (Lipinski definition) is 1. The van der Waals surface area contributed by atoms with E-state index in [1.54, 1.807) is 11.9 Å². The Hall–Kier alpha value is -3.00. The van der Waals surface area contributed by atoms with Crippen LogP contribution >= 0.6 is 11.8 Å². The van der Waals surface area contributed by atoms with E-state index >= 15 is 0 Å². The number of carbonyl (C=O) groups excluding carboxylic acids is 1. The van der Waals surface area contributed by atoms with E-state index in [9.17, 15) is 4.79 Å². The molecular weight excluding hydrogens is 374 g/mol. The number of para-hydroxylation sites is 1. The average Bonchev–Trinajstić information content (AvgIpc) is 3.08. The molecule has 0 aliphatic carbocycles. The van der Waals surface area contributed by atoms with Gasteiger partial charge in [-0.25, -0.2) is 4.68 Å². The highest BCUT2D eigenvalue weighted by molar-refractivity contribution is 8.00. The maximum Gasteiger partial charge on any atom is 0.240 e. The molecule has 0 unspecified atom stereocenters. The van der Waals surface area contributed by atoms with Crippen molar-refractivity contribution in [2.75, 3.05) is 24.4 Å². The van der Waals surface area contributed by atoms with Gasteiger partial charge in [-0.2, -0.15) is 0 Å². The molecule has 0 aliphatic heterocycles. The Labute approximate surface area is 168 Å². The quantitative estimate of drug-likeness (QED) is 0.487. The smallest absolute Gasteiger partial charge is 0.240 e. The first-order chi connectivity index (χ1) is 13.5. The minimum absolute atomic E-state index is 0.0400. The van der Waals surface area contributed by atoms with Gasteiger partial charge in [0.15, 0.2) is 5.82 Å². The second-order valence-corrected chi connectivity index (χ2v) is 7.43. The van der Waals surface area contributed by atoms with Gasteiger partial charge in [-0.15, -0.1) is 10.2 Å². The number of hydrogen-bond acceptors (Lipinski definition) is 6. The second-order valence-electron chi connectivity index (χ2n) is 6.13. The number of thioether (sulfide) groups is 1. The molecule has 1 atom stereocenters. The lowest BCUT2D eigenvalue weighted by Gasteiger charge is -2.20. The number of nitrogens with two attached hydrogens (primary N) is 1. The Morgan fingerprint density at radius 2 is 1.86 bits per heavy atom. The molecule has 0 bridgehead atoms. The van der Waals surface area contributed by atoms with Gasteiger partial charge < -0.3 is 15.5 Å². The van der Waals surface area contributed by atoms with E-state index in [2.05, 4.69) is 10.2 Å². The molecule has 7 nitrogen and oxygen atoms in total. The minimum atomic E-state index is -0.370. The molecule has 0 saturated heterocycles. The van der Waals surface area contributed by atoms with Gasteiger partial charge in [-0.05, 0) is 50.2 Å². The normalized spacial score (nSPS) is 11.8. The van der Waals surface area contributed by atoms with Crippen LogP contribution in [0.2, 0.25) is 0 Å². The largest absolute Gasteiger partial charge is 0.494 e. The summed E-state index contributed by atoms with van der Waals surface area (Å²) in [6, 6.07) is 17.0. The molecule has 0 aliphatic rings. The summed E-state index contributed by atoms with van der Waals surface area (Å²) in [5, 5.41) is 8.44. The number of rotatable bonds is 7. The molecule has 1 aromatic heterocycles. The van der Waals surface area contributed by atoms with Crippen LogP contribution in [0.5, 0.6) is 5.75 Å². The first kappa shape index (κ1) is 19.8. The van der Waals surface area contributed by atoms with Crippen molar-refractivity contribution in [3.05, 3.63) is 54.6 Å². The predicted molar refractivity (Wildman–Crippen MR) is 112 cm³/mol. The third kappa shape index (κ3) is 4.28. The number of ether oxygens (including phenoxy) is 1. The number of nitrogens with zero attached hydrogens (tertiary/aromatic N) is 4. The summed E-state index contributed by atoms with van der Waals surface area (Å²) in [4.78, 5) is 14.4. The molecular formula is C20H23N5O2S. The lowest BCUT2D eigenvalue weighted by atomic mass is 10.2. The number of benzene rings is 2. The third-order valence-corrected chi connectivity index (χ3v) is 5.24. The van der Waals surface area contributed by atoms with Crippen molar-refractivity contribution >= 4 is 23.4 Å². The van der Waals surface area contributed by atoms with Crippen molar-refractivity contribution < 1.29 is 9.53 Å². The highest BCUT2D eigenvalue weighted by Crippen LogP contribution is 2.27. The fourth-order valence-corrected chi connectivity index (χ4v) is 3.54. The van der Waals surface area contributed by atoms with Gasteiger partial charge in [0, 0.05) is 18.3 Å². The summed E-state index contributed by atoms with van der Waals surface area (Å²) < 4.78 is 6.86. The standard InChI is InChI=1S/C20H23N5O2S/c1-4-27-17-12-10-15(11-13-17)18-22-23-20(25(18)21)28-14(2)19(26)24(3)16-8-6-5-7-9-16/h5-14H,4,21H2,1-3H3/t14-/m0/s1. The number of amides is 1. The predicted octanol–water partition coefficient (Wildman–Crippen LogP) is 3.20. The van der Waals surface area contributed by atoms with Gasteiger partial charge in [-0.1, -0.05) is 30.0 Å². The molecule has 0 fully saturated rings. The van der Waals surface area contributed by atoms with E-state index < -0.39 is 0 Å². The fraction of sp³-hybridized carbons (Fsp3) is 0.250. The summed E-state index contributed by atoms with van der Waals surface area (Å²) in [6.45, 7) is 4.37. The van der Waals surface area contributed by atoms with Crippen molar-refractivity contribution in [3.63, 3.8) is 0 Å². The molecule has 146 valence electrons. The average molecular weight is 398 g/mol. The molecule has 0 radical (unpaired) electrons. The molecule has 0 spiro atoms. The monoisotopic (exact) mass is 397 g/mol. The van der Waals surface area contributed by atoms with Gasteiger partial charge >= 0.3 is 0 Å². The van der Waals surface area contributed by atoms with Crippen LogP contribution in [0.3, 0.4) is 0 Å². The van der Waals surface area contributed by atoms with Gasteiger partial charge in [0.1, 0.15) is 5.75 Å². The Morgan fingerprint density at radius 1 is 1.18 bits per heavy atom. The van der Waals surface area contributed by atoms with E-state index in [1.165, 1.54) is 16.4 Å². The molecule has 8 heteroatoms. The maximum absolute atomic E-state index is 12.7. The van der Waals surface area contributed by atoms with E-state index in [1.807, 2.05) is 68.4 Å². The Morgan fingerprint density at radius 3 is 2.50 bits per heavy atom. The second kappa shape index (κ2) is 8.79. The summed E-state index contributed by atoms with van der Waals surface area (Å²) in [5.74, 6) is 7.46. The molecule has 3 aromatic rings. The van der Waals surface area contributed by atoms with E-state index in [0.717, 1.165) is 17.0 Å². The number of carbonyl (C=O) groups is 1. The van der Waals surface area contributed by atoms with Gasteiger partial charge in [0.25, 0.3) is 0 Å². The molecule has 28 heavy (non-hydrogen) atoms. The topological polar surface area (TPSA) is 86.3 Å². The van der Waals surface area contributed by atoms with Crippen molar-refractivity contribution in [2.45, 2.75) is 24.3 Å². The van der Waals surface area contributed by atoms with Crippen molar-refractivity contribution in [3.8, 4) is 17.1 Å². The van der Waals surface area contributed by atoms with E-state index in [4.69, 9.17) is 10.6 Å². The Kier molecular flexibility index (Phi) is 6.20. The van der Waals surface area contributed by atoms with Crippen LogP contribution in [0.4, 0.5) is 5.69 Å². The van der Waals surface area contributed by atoms with E-state index in [-0.39, 0.29) is 11.2 Å². The van der Waals surface area contributed by atoms with Crippen LogP contribution < -0.4 is 15.5 Å². The molecule has 2 aromatic carbocycles. The van der Waals surface area contributed by atoms with Crippen LogP contribution in [-0.4, -0.2) is 39.7 Å². The summed E-state index contributed by atoms with van der Waals surface area (Å²) >= 11 is 1.28. The van der Waals surface area contributed by atoms with Gasteiger partial charge in [-0.3, -0.25) is 4.79 Å². The number of anilines is 1. The van der Waals surface area contributed by atoms with Crippen molar-refractivity contribution in [2.24, 2.45) is 0 Å². The molecule has 2 N–H and O–H groups in total. The van der Waals surface area contributed by atoms with Crippen molar-refractivity contribution in [1.82, 2.24) is 14.9 Å². The summed E-state index contributed by atoms with van der Waals surface area (Å²) in [7, 11) is 1.76. The zero-order chi connectivity index (χ0) is 20.1. The van der Waals surface area contributed by atoms with Crippen LogP contribution in [-0.2, 0) is 4.79 Å². The Bertz CT molecular complexity index is 928. The van der Waals surface area contributed by atoms with E-state index in [0.29, 0.717) is 17.6 Å². The van der Waals surface area contributed by atoms with Crippen LogP contribution in [0.15, 0.2) is 59.8 Å². The lowest BCUT2D eigenvalue weighted by molar-refractivity contribution is -0.117. The highest BCUT2D eigenvalue weighted by atomic mass is 32.2. The SMILES string of the molecule is CCOc1ccc(-c2nnc(S[C@@H](C)C(=O)N(C)c3ccccc3)n2N)cc1. The highest BCUT2D eigenvalue weighted by Gasteiger charge is 2.23. The molecule has 1 heterocycles. The minimum Gasteiger partial charge on any atom is -0.494 e. The lowest BCUT2D eigenvalue weighted by Crippen LogP contribution is -2.33. The zero-order valence-electron chi connectivity index (χ0n) is 16.1. The first-order valence-electron chi connectivity index (χ1n) is 8.94. The number of nitrogen functional groups attached to an aromatic ring is 1. The van der Waals surface area contributed by atoms with Crippen LogP contribution in [0.25, 0.3) is 11.4 Å². The van der Waals surface area contributed by atoms with Crippen LogP contribution in [0.1, 0.15) is 13.8 Å². The fourth-order valence-electron chi connectivity index (χ4n) is 2.68. The molecule has 1 amide bonds. The Balaban J connectivity index is 1.72. The maximum atomic E-state index is 12.7. The third-order valence-electron chi connectivity index (χ3n) is 4.19. The zero-order valence-corrected chi connectivity index (χ0v) is 16.9.